The quantitative estimate of drug-likeness (QED) is 0.667. The number of ether oxygens (including phenoxy) is 1. The SMILES string of the molecule is CC[C@@H](C)c1ccc(OCC(=O)Nc2ccc([C@@H](C)CC)cc2)cc1. The number of anilines is 1. The molecule has 2 rings (SSSR count). The van der Waals surface area contributed by atoms with E-state index in [1.54, 1.807) is 0 Å². The molecule has 0 fully saturated rings. The molecule has 0 heterocycles. The molecule has 0 aliphatic rings. The van der Waals surface area contributed by atoms with Crippen molar-refractivity contribution < 1.29 is 9.53 Å². The van der Waals surface area contributed by atoms with Crippen LogP contribution in [0.25, 0.3) is 0 Å². The molecule has 0 radical (unpaired) electrons. The van der Waals surface area contributed by atoms with E-state index in [-0.39, 0.29) is 12.5 Å². The zero-order chi connectivity index (χ0) is 18.2. The number of amides is 1. The first-order valence-corrected chi connectivity index (χ1v) is 9.16. The summed E-state index contributed by atoms with van der Waals surface area (Å²) in [5, 5.41) is 2.87. The summed E-state index contributed by atoms with van der Waals surface area (Å²) in [6, 6.07) is 16.0. The second-order valence-corrected chi connectivity index (χ2v) is 6.65. The molecular weight excluding hydrogens is 310 g/mol. The van der Waals surface area contributed by atoms with Gasteiger partial charge in [0.1, 0.15) is 5.75 Å². The summed E-state index contributed by atoms with van der Waals surface area (Å²) in [6.45, 7) is 8.77. The van der Waals surface area contributed by atoms with Gasteiger partial charge in [0.25, 0.3) is 5.91 Å². The molecule has 2 atom stereocenters. The minimum Gasteiger partial charge on any atom is -0.484 e. The molecule has 0 saturated heterocycles. The summed E-state index contributed by atoms with van der Waals surface area (Å²) < 4.78 is 5.58. The van der Waals surface area contributed by atoms with Crippen molar-refractivity contribution in [2.75, 3.05) is 11.9 Å². The van der Waals surface area contributed by atoms with Crippen molar-refractivity contribution in [3.8, 4) is 5.75 Å². The monoisotopic (exact) mass is 339 g/mol. The lowest BCUT2D eigenvalue weighted by Gasteiger charge is -2.12. The Hall–Kier alpha value is -2.29. The van der Waals surface area contributed by atoms with Gasteiger partial charge in [-0.15, -0.1) is 0 Å². The lowest BCUT2D eigenvalue weighted by atomic mass is 9.99. The van der Waals surface area contributed by atoms with E-state index in [2.05, 4.69) is 57.3 Å². The maximum absolute atomic E-state index is 12.0. The first kappa shape index (κ1) is 19.0. The maximum atomic E-state index is 12.0. The summed E-state index contributed by atoms with van der Waals surface area (Å²) in [4.78, 5) is 12.0. The highest BCUT2D eigenvalue weighted by Gasteiger charge is 2.07. The molecule has 1 N–H and O–H groups in total. The molecule has 0 aliphatic carbocycles. The molecule has 0 spiro atoms. The number of hydrogen-bond acceptors (Lipinski definition) is 2. The third-order valence-corrected chi connectivity index (χ3v) is 4.81. The molecule has 2 aromatic rings. The molecule has 3 nitrogen and oxygen atoms in total. The number of nitrogens with one attached hydrogen (secondary N) is 1. The minimum absolute atomic E-state index is 0.00971. The molecule has 2 aromatic carbocycles. The predicted molar refractivity (Wildman–Crippen MR) is 104 cm³/mol. The molecule has 0 unspecified atom stereocenters. The third kappa shape index (κ3) is 5.63. The van der Waals surface area contributed by atoms with Gasteiger partial charge in [0.15, 0.2) is 6.61 Å². The lowest BCUT2D eigenvalue weighted by Crippen LogP contribution is -2.20. The molecule has 0 bridgehead atoms. The maximum Gasteiger partial charge on any atom is 0.262 e. The van der Waals surface area contributed by atoms with Crippen molar-refractivity contribution >= 4 is 11.6 Å². The highest BCUT2D eigenvalue weighted by molar-refractivity contribution is 5.91. The average Bonchev–Trinajstić information content (AvgIpc) is 2.66. The van der Waals surface area contributed by atoms with Crippen molar-refractivity contribution in [3.05, 3.63) is 59.7 Å². The van der Waals surface area contributed by atoms with Crippen LogP contribution in [0.2, 0.25) is 0 Å². The second-order valence-electron chi connectivity index (χ2n) is 6.65. The molecule has 3 heteroatoms. The van der Waals surface area contributed by atoms with Gasteiger partial charge in [-0.3, -0.25) is 4.79 Å². The first-order chi connectivity index (χ1) is 12.0. The Bertz CT molecular complexity index is 661. The van der Waals surface area contributed by atoms with Gasteiger partial charge in [-0.25, -0.2) is 0 Å². The van der Waals surface area contributed by atoms with Crippen LogP contribution in [0.3, 0.4) is 0 Å². The van der Waals surface area contributed by atoms with Crippen LogP contribution >= 0.6 is 0 Å². The molecule has 134 valence electrons. The standard InChI is InChI=1S/C22H29NO2/c1-5-16(3)18-7-11-20(12-8-18)23-22(24)15-25-21-13-9-19(10-14-21)17(4)6-2/h7-14,16-17H,5-6,15H2,1-4H3,(H,23,24)/t16-,17+/m0/s1. The van der Waals surface area contributed by atoms with E-state index in [4.69, 9.17) is 4.74 Å². The Morgan fingerprint density at radius 3 is 1.84 bits per heavy atom. The third-order valence-electron chi connectivity index (χ3n) is 4.81. The molecule has 25 heavy (non-hydrogen) atoms. The van der Waals surface area contributed by atoms with E-state index in [9.17, 15) is 4.79 Å². The summed E-state index contributed by atoms with van der Waals surface area (Å²) in [5.74, 6) is 1.64. The van der Waals surface area contributed by atoms with Crippen LogP contribution in [0.1, 0.15) is 63.5 Å². The zero-order valence-corrected chi connectivity index (χ0v) is 15.7. The van der Waals surface area contributed by atoms with Gasteiger partial charge in [0.05, 0.1) is 0 Å². The van der Waals surface area contributed by atoms with Gasteiger partial charge in [-0.1, -0.05) is 52.0 Å². The number of rotatable bonds is 8. The summed E-state index contributed by atoms with van der Waals surface area (Å²) in [6.07, 6.45) is 2.22. The van der Waals surface area contributed by atoms with Gasteiger partial charge >= 0.3 is 0 Å². The van der Waals surface area contributed by atoms with E-state index in [1.165, 1.54) is 11.1 Å². The van der Waals surface area contributed by atoms with Crippen LogP contribution in [0.15, 0.2) is 48.5 Å². The fraction of sp³-hybridized carbons (Fsp3) is 0.409. The van der Waals surface area contributed by atoms with Gasteiger partial charge in [-0.05, 0) is 60.1 Å². The van der Waals surface area contributed by atoms with Crippen molar-refractivity contribution in [2.24, 2.45) is 0 Å². The van der Waals surface area contributed by atoms with Crippen molar-refractivity contribution in [1.82, 2.24) is 0 Å². The lowest BCUT2D eigenvalue weighted by molar-refractivity contribution is -0.118. The Morgan fingerprint density at radius 2 is 1.36 bits per heavy atom. The summed E-state index contributed by atoms with van der Waals surface area (Å²) in [7, 11) is 0. The normalized spacial score (nSPS) is 13.1. The molecule has 0 aromatic heterocycles. The Labute approximate surface area is 151 Å². The first-order valence-electron chi connectivity index (χ1n) is 9.16. The summed E-state index contributed by atoms with van der Waals surface area (Å²) >= 11 is 0. The van der Waals surface area contributed by atoms with Crippen LogP contribution in [0.4, 0.5) is 5.69 Å². The number of carbonyl (C=O) groups is 1. The van der Waals surface area contributed by atoms with Crippen LogP contribution in [0.5, 0.6) is 5.75 Å². The van der Waals surface area contributed by atoms with E-state index < -0.39 is 0 Å². The number of benzene rings is 2. The van der Waals surface area contributed by atoms with Crippen molar-refractivity contribution in [1.29, 1.82) is 0 Å². The number of hydrogen-bond donors (Lipinski definition) is 1. The van der Waals surface area contributed by atoms with E-state index in [1.807, 2.05) is 24.3 Å². The molecular formula is C22H29NO2. The second kappa shape index (κ2) is 9.26. The predicted octanol–water partition coefficient (Wildman–Crippen LogP) is 5.73. The fourth-order valence-electron chi connectivity index (χ4n) is 2.60. The Kier molecular flexibility index (Phi) is 7.05. The van der Waals surface area contributed by atoms with E-state index >= 15 is 0 Å². The van der Waals surface area contributed by atoms with Crippen molar-refractivity contribution in [2.45, 2.75) is 52.4 Å². The largest absolute Gasteiger partial charge is 0.484 e. The highest BCUT2D eigenvalue weighted by atomic mass is 16.5. The summed E-state index contributed by atoms with van der Waals surface area (Å²) in [5.41, 5.74) is 3.38. The average molecular weight is 339 g/mol. The Morgan fingerprint density at radius 1 is 0.880 bits per heavy atom. The fourth-order valence-corrected chi connectivity index (χ4v) is 2.60. The van der Waals surface area contributed by atoms with Crippen LogP contribution in [-0.2, 0) is 4.79 Å². The van der Waals surface area contributed by atoms with Gasteiger partial charge in [0.2, 0.25) is 0 Å². The van der Waals surface area contributed by atoms with E-state index in [0.29, 0.717) is 17.6 Å². The van der Waals surface area contributed by atoms with Crippen molar-refractivity contribution in [3.63, 3.8) is 0 Å². The van der Waals surface area contributed by atoms with Gasteiger partial charge in [0, 0.05) is 5.69 Å². The van der Waals surface area contributed by atoms with Crippen LogP contribution in [-0.4, -0.2) is 12.5 Å². The van der Waals surface area contributed by atoms with Gasteiger partial charge < -0.3 is 10.1 Å². The van der Waals surface area contributed by atoms with Crippen LogP contribution < -0.4 is 10.1 Å². The van der Waals surface area contributed by atoms with E-state index in [0.717, 1.165) is 18.5 Å². The molecule has 1 amide bonds. The number of carbonyl (C=O) groups excluding carboxylic acids is 1. The smallest absolute Gasteiger partial charge is 0.262 e. The van der Waals surface area contributed by atoms with Crippen LogP contribution in [0, 0.1) is 0 Å². The molecule has 0 saturated carbocycles. The molecule has 0 aliphatic heterocycles. The zero-order valence-electron chi connectivity index (χ0n) is 15.7. The highest BCUT2D eigenvalue weighted by Crippen LogP contribution is 2.22. The minimum atomic E-state index is -0.151. The Balaban J connectivity index is 1.84. The topological polar surface area (TPSA) is 38.3 Å². The van der Waals surface area contributed by atoms with Gasteiger partial charge in [-0.2, -0.15) is 0 Å².